The summed E-state index contributed by atoms with van der Waals surface area (Å²) in [7, 11) is 1.31. The molecular weight excluding hydrogens is 599 g/mol. The molecule has 0 radical (unpaired) electrons. The Morgan fingerprint density at radius 1 is 0.907 bits per heavy atom. The fourth-order valence-electron chi connectivity index (χ4n) is 4.78. The number of thioether (sulfide) groups is 1. The van der Waals surface area contributed by atoms with Crippen LogP contribution in [-0.2, 0) is 9.53 Å². The number of aromatic nitrogens is 2. The van der Waals surface area contributed by atoms with E-state index in [1.54, 1.807) is 10.6 Å². The summed E-state index contributed by atoms with van der Waals surface area (Å²) in [5.41, 5.74) is 3.51. The topological polar surface area (TPSA) is 90.3 Å². The summed E-state index contributed by atoms with van der Waals surface area (Å²) in [6.45, 7) is 1.99. The van der Waals surface area contributed by atoms with Gasteiger partial charge in [0.1, 0.15) is 9.83 Å². The zero-order valence-electron chi connectivity index (χ0n) is 23.2. The van der Waals surface area contributed by atoms with Crippen molar-refractivity contribution in [2.24, 2.45) is 0 Å². The molecule has 0 aliphatic heterocycles. The Morgan fingerprint density at radius 3 is 2.19 bits per heavy atom. The van der Waals surface area contributed by atoms with E-state index in [2.05, 4.69) is 5.32 Å². The molecule has 10 heteroatoms. The van der Waals surface area contributed by atoms with Crippen LogP contribution >= 0.6 is 34.4 Å². The molecule has 0 fully saturated rings. The Kier molecular flexibility index (Phi) is 8.24. The van der Waals surface area contributed by atoms with Gasteiger partial charge in [-0.1, -0.05) is 90.6 Å². The molecule has 6 rings (SSSR count). The molecule has 0 atom stereocenters. The first kappa shape index (κ1) is 28.6. The number of para-hydroxylation sites is 1. The summed E-state index contributed by atoms with van der Waals surface area (Å²) in [4.78, 5) is 47.2. The molecule has 3 heterocycles. The smallest absolute Gasteiger partial charge is 0.340 e. The monoisotopic (exact) mass is 623 g/mol. The maximum Gasteiger partial charge on any atom is 0.340 e. The van der Waals surface area contributed by atoms with Gasteiger partial charge in [-0.2, -0.15) is 0 Å². The van der Waals surface area contributed by atoms with Gasteiger partial charge >= 0.3 is 5.97 Å². The summed E-state index contributed by atoms with van der Waals surface area (Å²) in [6, 6.07) is 30.5. The number of nitrogens with one attached hydrogen (secondary N) is 1. The van der Waals surface area contributed by atoms with Crippen molar-refractivity contribution in [3.8, 4) is 27.3 Å². The summed E-state index contributed by atoms with van der Waals surface area (Å²) in [6.07, 6.45) is 0. The van der Waals surface area contributed by atoms with Gasteiger partial charge in [-0.05, 0) is 36.2 Å². The molecule has 3 aromatic carbocycles. The van der Waals surface area contributed by atoms with Gasteiger partial charge in [0.05, 0.1) is 29.5 Å². The van der Waals surface area contributed by atoms with E-state index in [4.69, 9.17) is 9.72 Å². The molecule has 6 aromatic rings. The van der Waals surface area contributed by atoms with Gasteiger partial charge in [0.2, 0.25) is 5.91 Å². The largest absolute Gasteiger partial charge is 0.465 e. The molecule has 0 saturated heterocycles. The third-order valence-corrected chi connectivity index (χ3v) is 9.77. The maximum atomic E-state index is 14.1. The highest BCUT2D eigenvalue weighted by atomic mass is 32.2. The number of rotatable bonds is 8. The highest BCUT2D eigenvalue weighted by Crippen LogP contribution is 2.38. The molecule has 0 bridgehead atoms. The highest BCUT2D eigenvalue weighted by Gasteiger charge is 2.23. The van der Waals surface area contributed by atoms with Crippen LogP contribution in [0.15, 0.2) is 107 Å². The first-order chi connectivity index (χ1) is 20.9. The Balaban J connectivity index is 1.34. The molecule has 43 heavy (non-hydrogen) atoms. The number of benzene rings is 3. The number of carbonyl (C=O) groups is 2. The lowest BCUT2D eigenvalue weighted by atomic mass is 10.0. The van der Waals surface area contributed by atoms with Gasteiger partial charge in [-0.3, -0.25) is 14.2 Å². The number of amides is 1. The van der Waals surface area contributed by atoms with Gasteiger partial charge in [-0.15, -0.1) is 22.7 Å². The number of carbonyl (C=O) groups excluding carboxylic acids is 2. The number of fused-ring (bicyclic) bond motifs is 1. The van der Waals surface area contributed by atoms with E-state index < -0.39 is 5.97 Å². The van der Waals surface area contributed by atoms with Crippen molar-refractivity contribution in [2.75, 3.05) is 18.2 Å². The standard InChI is InChI=1S/C33H25N3O4S3/c1-20-27(22-14-8-4-9-15-22)28-30(42-20)35-33(36(31(28)38)23-16-10-5-11-17-23)41-19-26(37)34-29-24(32(39)40-2)18-25(43-29)21-12-6-3-7-13-21/h3-18H,19H2,1-2H3,(H,34,37). The average molecular weight is 624 g/mol. The predicted octanol–water partition coefficient (Wildman–Crippen LogP) is 7.67. The minimum atomic E-state index is -0.534. The molecule has 0 unspecified atom stereocenters. The second-order valence-electron chi connectivity index (χ2n) is 9.50. The first-order valence-corrected chi connectivity index (χ1v) is 15.9. The van der Waals surface area contributed by atoms with Gasteiger partial charge in [0, 0.05) is 15.3 Å². The van der Waals surface area contributed by atoms with Crippen molar-refractivity contribution in [2.45, 2.75) is 12.1 Å². The van der Waals surface area contributed by atoms with Crippen LogP contribution in [0.1, 0.15) is 15.2 Å². The van der Waals surface area contributed by atoms with Crippen LogP contribution in [-0.4, -0.2) is 34.3 Å². The number of ether oxygens (including phenoxy) is 1. The van der Waals surface area contributed by atoms with E-state index in [1.807, 2.05) is 97.9 Å². The van der Waals surface area contributed by atoms with Crippen molar-refractivity contribution in [3.63, 3.8) is 0 Å². The van der Waals surface area contributed by atoms with E-state index in [0.29, 0.717) is 26.1 Å². The Bertz CT molecular complexity index is 2000. The zero-order valence-corrected chi connectivity index (χ0v) is 25.6. The Labute approximate surface area is 259 Å². The number of esters is 1. The number of aryl methyl sites for hydroxylation is 1. The van der Waals surface area contributed by atoms with Crippen LogP contribution in [0.3, 0.4) is 0 Å². The van der Waals surface area contributed by atoms with Crippen molar-refractivity contribution in [1.82, 2.24) is 9.55 Å². The molecule has 0 spiro atoms. The van der Waals surface area contributed by atoms with Crippen LogP contribution in [0, 0.1) is 6.92 Å². The van der Waals surface area contributed by atoms with E-state index in [1.165, 1.54) is 41.5 Å². The molecule has 7 nitrogen and oxygen atoms in total. The lowest BCUT2D eigenvalue weighted by Crippen LogP contribution is -2.22. The lowest BCUT2D eigenvalue weighted by molar-refractivity contribution is -0.113. The van der Waals surface area contributed by atoms with Crippen LogP contribution in [0.5, 0.6) is 0 Å². The summed E-state index contributed by atoms with van der Waals surface area (Å²) in [5, 5.41) is 4.24. The fourth-order valence-corrected chi connectivity index (χ4v) is 7.75. The second kappa shape index (κ2) is 12.4. The van der Waals surface area contributed by atoms with Crippen LogP contribution in [0.25, 0.3) is 37.5 Å². The van der Waals surface area contributed by atoms with Crippen LogP contribution in [0.2, 0.25) is 0 Å². The number of hydrogen-bond acceptors (Lipinski definition) is 8. The SMILES string of the molecule is COC(=O)c1cc(-c2ccccc2)sc1NC(=O)CSc1nc2sc(C)c(-c3ccccc3)c2c(=O)n1-c1ccccc1. The van der Waals surface area contributed by atoms with Crippen molar-refractivity contribution < 1.29 is 14.3 Å². The van der Waals surface area contributed by atoms with E-state index in [0.717, 1.165) is 26.4 Å². The average Bonchev–Trinajstić information content (AvgIpc) is 3.61. The molecule has 0 saturated carbocycles. The summed E-state index contributed by atoms with van der Waals surface area (Å²) >= 11 is 3.93. The first-order valence-electron chi connectivity index (χ1n) is 13.3. The molecule has 0 aliphatic carbocycles. The van der Waals surface area contributed by atoms with Gasteiger partial charge in [-0.25, -0.2) is 9.78 Å². The maximum absolute atomic E-state index is 14.1. The van der Waals surface area contributed by atoms with Crippen molar-refractivity contribution >= 4 is 61.5 Å². The molecule has 0 aliphatic rings. The van der Waals surface area contributed by atoms with Gasteiger partial charge in [0.25, 0.3) is 5.56 Å². The zero-order chi connectivity index (χ0) is 29.9. The van der Waals surface area contributed by atoms with E-state index >= 15 is 0 Å². The van der Waals surface area contributed by atoms with E-state index in [9.17, 15) is 14.4 Å². The molecule has 1 N–H and O–H groups in total. The van der Waals surface area contributed by atoms with Crippen LogP contribution in [0.4, 0.5) is 5.00 Å². The Morgan fingerprint density at radius 2 is 1.53 bits per heavy atom. The normalized spacial score (nSPS) is 11.0. The number of hydrogen-bond donors (Lipinski definition) is 1. The highest BCUT2D eigenvalue weighted by molar-refractivity contribution is 7.99. The van der Waals surface area contributed by atoms with Crippen molar-refractivity contribution in [3.05, 3.63) is 118 Å². The van der Waals surface area contributed by atoms with Crippen LogP contribution < -0.4 is 10.9 Å². The summed E-state index contributed by atoms with van der Waals surface area (Å²) < 4.78 is 6.53. The van der Waals surface area contributed by atoms with Gasteiger partial charge < -0.3 is 10.1 Å². The number of methoxy groups -OCH3 is 1. The third kappa shape index (κ3) is 5.77. The quantitative estimate of drug-likeness (QED) is 0.106. The number of anilines is 1. The van der Waals surface area contributed by atoms with E-state index in [-0.39, 0.29) is 22.8 Å². The minimum absolute atomic E-state index is 0.0279. The van der Waals surface area contributed by atoms with Gasteiger partial charge in [0.15, 0.2) is 5.16 Å². The predicted molar refractivity (Wildman–Crippen MR) is 176 cm³/mol. The molecule has 214 valence electrons. The lowest BCUT2D eigenvalue weighted by Gasteiger charge is -2.13. The molecular formula is C33H25N3O4S3. The number of nitrogens with zero attached hydrogens (tertiary/aromatic N) is 2. The Hall–Kier alpha value is -4.51. The molecule has 1 amide bonds. The summed E-state index contributed by atoms with van der Waals surface area (Å²) in [5.74, 6) is -0.897. The molecule has 3 aromatic heterocycles. The second-order valence-corrected chi connectivity index (χ2v) is 12.7. The van der Waals surface area contributed by atoms with Crippen molar-refractivity contribution in [1.29, 1.82) is 0 Å². The number of thiophene rings is 2. The third-order valence-electron chi connectivity index (χ3n) is 6.73. The minimum Gasteiger partial charge on any atom is -0.465 e. The fraction of sp³-hybridized carbons (Fsp3) is 0.0909.